The molecule has 0 radical (unpaired) electrons. The molecule has 5 aromatic rings. The number of carbonyl (C=O) groups excluding carboxylic acids is 4. The van der Waals surface area contributed by atoms with Crippen molar-refractivity contribution in [2.45, 2.75) is 50.6 Å². The van der Waals surface area contributed by atoms with Crippen LogP contribution in [-0.2, 0) is 9.59 Å². The summed E-state index contributed by atoms with van der Waals surface area (Å²) >= 11 is 0. The van der Waals surface area contributed by atoms with Crippen molar-refractivity contribution in [1.82, 2.24) is 34.9 Å². The number of anilines is 2. The molecule has 14 nitrogen and oxygen atoms in total. The Morgan fingerprint density at radius 2 is 1.55 bits per heavy atom. The molecular weight excluding hydrogens is 718 g/mol. The molecule has 3 aliphatic heterocycles. The van der Waals surface area contributed by atoms with Crippen molar-refractivity contribution in [3.8, 4) is 22.8 Å². The van der Waals surface area contributed by atoms with Gasteiger partial charge in [0.25, 0.3) is 11.8 Å². The summed E-state index contributed by atoms with van der Waals surface area (Å²) in [5, 5.41) is 7.54. The van der Waals surface area contributed by atoms with Crippen LogP contribution in [0.3, 0.4) is 0 Å². The number of nitrogens with zero attached hydrogens (tertiary/aromatic N) is 7. The number of rotatable bonds is 8. The molecule has 5 heterocycles. The molecule has 2 saturated heterocycles. The van der Waals surface area contributed by atoms with Crippen molar-refractivity contribution < 1.29 is 39.3 Å². The summed E-state index contributed by atoms with van der Waals surface area (Å²) in [6.45, 7) is -14.0. The zero-order valence-electron chi connectivity index (χ0n) is 37.7. The number of aromatic nitrogens is 4. The fourth-order valence-electron chi connectivity index (χ4n) is 7.73. The number of carbonyl (C=O) groups is 4. The SMILES string of the molecule is [2H]C1([2H])N(CC2CCC(n3nc(-c4ccc(Oc5ccccc5)cc4)c4c(N)ncnc43)CC2)C([2H])([2H])C([2H])([2H])N(c2cc3c(cc2F)C(=O)N(C2CCC(=O)NC2=O)C3=O)C1([2H])[2H]. The fraction of sp³-hybridized carbons (Fsp3) is 0.341. The zero-order valence-corrected chi connectivity index (χ0v) is 29.7. The largest absolute Gasteiger partial charge is 0.457 e. The molecule has 286 valence electrons. The van der Waals surface area contributed by atoms with E-state index in [1.54, 1.807) is 4.68 Å². The number of nitrogen functional groups attached to an aromatic ring is 1. The van der Waals surface area contributed by atoms with Crippen LogP contribution in [0.4, 0.5) is 15.9 Å². The topological polar surface area (TPSA) is 169 Å². The van der Waals surface area contributed by atoms with E-state index < -0.39 is 90.8 Å². The number of hydrogen-bond acceptors (Lipinski definition) is 11. The van der Waals surface area contributed by atoms with E-state index >= 15 is 4.39 Å². The van der Waals surface area contributed by atoms with Crippen molar-refractivity contribution in [1.29, 1.82) is 0 Å². The van der Waals surface area contributed by atoms with Crippen LogP contribution >= 0.6 is 0 Å². The third kappa shape index (κ3) is 6.51. The maximum Gasteiger partial charge on any atom is 0.262 e. The van der Waals surface area contributed by atoms with Crippen LogP contribution in [0.2, 0.25) is 0 Å². The second-order valence-electron chi connectivity index (χ2n) is 14.1. The van der Waals surface area contributed by atoms with E-state index in [-0.39, 0.29) is 29.6 Å². The van der Waals surface area contributed by atoms with Gasteiger partial charge in [0.05, 0.1) is 33.7 Å². The lowest BCUT2D eigenvalue weighted by Crippen LogP contribution is -2.54. The maximum absolute atomic E-state index is 16.1. The van der Waals surface area contributed by atoms with Gasteiger partial charge in [-0.15, -0.1) is 0 Å². The predicted molar refractivity (Wildman–Crippen MR) is 204 cm³/mol. The molecular formula is C41H40FN9O5. The standard InChI is InChI=1S/C41H40FN9O5/c42-31-20-29-30(41(55)50(40(29)54)32-14-15-34(52)46-39(32)53)21-33(31)49-18-16-48(17-19-49)22-24-6-10-26(11-7-24)51-38-35(37(43)44-23-45-38)36(47-51)25-8-12-28(13-9-25)56-27-4-2-1-3-5-27/h1-5,8-9,12-13,20-21,23-24,26,32H,6-7,10-11,14-19,22H2,(H2,43,44,45)(H,46,52,53)/i16D2,17D2,18D2,19D2. The van der Waals surface area contributed by atoms with E-state index in [0.717, 1.165) is 5.56 Å². The number of nitrogens with one attached hydrogen (secondary N) is 1. The lowest BCUT2D eigenvalue weighted by Gasteiger charge is -2.39. The molecule has 15 heteroatoms. The number of amides is 4. The minimum absolute atomic E-state index is 0.00718. The van der Waals surface area contributed by atoms with E-state index in [1.807, 2.05) is 59.9 Å². The third-order valence-corrected chi connectivity index (χ3v) is 10.6. The van der Waals surface area contributed by atoms with Gasteiger partial charge in [0.1, 0.15) is 41.2 Å². The number of piperidine rings is 1. The van der Waals surface area contributed by atoms with Crippen molar-refractivity contribution in [2.24, 2.45) is 5.92 Å². The number of benzene rings is 3. The summed E-state index contributed by atoms with van der Waals surface area (Å²) in [5.41, 5.74) is 6.09. The van der Waals surface area contributed by atoms with Gasteiger partial charge in [-0.05, 0) is 86.6 Å². The highest BCUT2D eigenvalue weighted by atomic mass is 19.1. The lowest BCUT2D eigenvalue weighted by molar-refractivity contribution is -0.136. The predicted octanol–water partition coefficient (Wildman–Crippen LogP) is 4.96. The Labute approximate surface area is 332 Å². The highest BCUT2D eigenvalue weighted by Crippen LogP contribution is 2.39. The average molecular weight is 766 g/mol. The molecule has 2 aromatic heterocycles. The van der Waals surface area contributed by atoms with Gasteiger partial charge in [0, 0.05) is 50.0 Å². The van der Waals surface area contributed by atoms with Crippen LogP contribution in [0.5, 0.6) is 11.5 Å². The van der Waals surface area contributed by atoms with E-state index in [2.05, 4.69) is 9.97 Å². The second-order valence-corrected chi connectivity index (χ2v) is 14.1. The van der Waals surface area contributed by atoms with Gasteiger partial charge in [0.2, 0.25) is 11.8 Å². The molecule has 4 aliphatic rings. The molecule has 3 aromatic carbocycles. The molecule has 1 saturated carbocycles. The van der Waals surface area contributed by atoms with Crippen molar-refractivity contribution in [3.63, 3.8) is 0 Å². The van der Waals surface area contributed by atoms with Crippen LogP contribution in [0, 0.1) is 11.7 Å². The van der Waals surface area contributed by atoms with Gasteiger partial charge in [-0.2, -0.15) is 5.10 Å². The minimum atomic E-state index is -3.49. The van der Waals surface area contributed by atoms with Gasteiger partial charge in [-0.25, -0.2) is 19.0 Å². The van der Waals surface area contributed by atoms with Gasteiger partial charge in [0.15, 0.2) is 5.65 Å². The first-order chi connectivity index (χ1) is 30.2. The molecule has 0 bridgehead atoms. The quantitative estimate of drug-likeness (QED) is 0.205. The van der Waals surface area contributed by atoms with Crippen LogP contribution in [-0.4, -0.2) is 91.8 Å². The van der Waals surface area contributed by atoms with E-state index in [0.29, 0.717) is 75.8 Å². The summed E-state index contributed by atoms with van der Waals surface area (Å²) in [6, 6.07) is 16.2. The molecule has 4 amide bonds. The fourth-order valence-corrected chi connectivity index (χ4v) is 7.73. The Kier molecular flexibility index (Phi) is 7.06. The van der Waals surface area contributed by atoms with Crippen molar-refractivity contribution >= 4 is 46.2 Å². The molecule has 3 fully saturated rings. The molecule has 1 aliphatic carbocycles. The number of imide groups is 2. The van der Waals surface area contributed by atoms with Gasteiger partial charge in [-0.1, -0.05) is 18.2 Å². The monoisotopic (exact) mass is 765 g/mol. The molecule has 3 N–H and O–H groups in total. The number of halogens is 1. The van der Waals surface area contributed by atoms with E-state index in [9.17, 15) is 19.2 Å². The number of hydrogen-bond donors (Lipinski definition) is 2. The first-order valence-electron chi connectivity index (χ1n) is 22.2. The summed E-state index contributed by atoms with van der Waals surface area (Å²) in [7, 11) is 0. The number of para-hydroxylation sites is 1. The smallest absolute Gasteiger partial charge is 0.262 e. The Morgan fingerprint density at radius 1 is 0.857 bits per heavy atom. The molecule has 1 unspecified atom stereocenters. The normalized spacial score (nSPS) is 27.5. The lowest BCUT2D eigenvalue weighted by atomic mass is 9.85. The van der Waals surface area contributed by atoms with Crippen molar-refractivity contribution in [3.05, 3.63) is 90.0 Å². The zero-order chi connectivity index (χ0) is 45.7. The first-order valence-corrected chi connectivity index (χ1v) is 18.2. The molecule has 1 atom stereocenters. The van der Waals surface area contributed by atoms with Crippen LogP contribution in [0.25, 0.3) is 22.3 Å². The van der Waals surface area contributed by atoms with Gasteiger partial charge in [-0.3, -0.25) is 34.3 Å². The van der Waals surface area contributed by atoms with Crippen LogP contribution in [0.1, 0.15) is 76.2 Å². The Morgan fingerprint density at radius 3 is 2.27 bits per heavy atom. The van der Waals surface area contributed by atoms with Crippen LogP contribution in [0.15, 0.2) is 73.1 Å². The van der Waals surface area contributed by atoms with Gasteiger partial charge >= 0.3 is 0 Å². The molecule has 9 rings (SSSR count). The summed E-state index contributed by atoms with van der Waals surface area (Å²) in [4.78, 5) is 61.0. The summed E-state index contributed by atoms with van der Waals surface area (Å²) < 4.78 is 96.1. The highest BCUT2D eigenvalue weighted by Gasteiger charge is 2.45. The molecule has 56 heavy (non-hydrogen) atoms. The summed E-state index contributed by atoms with van der Waals surface area (Å²) in [6.07, 6.45) is 2.64. The van der Waals surface area contributed by atoms with Gasteiger partial charge < -0.3 is 15.4 Å². The Hall–Kier alpha value is -6.22. The van der Waals surface area contributed by atoms with E-state index in [4.69, 9.17) is 26.5 Å². The Balaban J connectivity index is 0.946. The molecule has 0 spiro atoms. The van der Waals surface area contributed by atoms with E-state index in [1.165, 1.54) is 6.33 Å². The first kappa shape index (κ1) is 27.4. The number of piperazine rings is 1. The van der Waals surface area contributed by atoms with Crippen molar-refractivity contribution in [2.75, 3.05) is 43.2 Å². The third-order valence-electron chi connectivity index (χ3n) is 10.6. The maximum atomic E-state index is 16.1. The van der Waals surface area contributed by atoms with Crippen LogP contribution < -0.4 is 20.7 Å². The summed E-state index contributed by atoms with van der Waals surface area (Å²) in [5.74, 6) is -4.08. The second kappa shape index (κ2) is 14.5. The number of nitrogens with two attached hydrogens (primary N) is 1. The minimum Gasteiger partial charge on any atom is -0.457 e. The number of ether oxygens (including phenoxy) is 1. The Bertz CT molecular complexity index is 2710. The number of fused-ring (bicyclic) bond motifs is 2. The highest BCUT2D eigenvalue weighted by molar-refractivity contribution is 6.23. The average Bonchev–Trinajstić information content (AvgIpc) is 3.75.